The third-order valence-corrected chi connectivity index (χ3v) is 4.68. The highest BCUT2D eigenvalue weighted by atomic mass is 16.5. The molecule has 0 amide bonds. The molecule has 2 rings (SSSR count). The number of guanidine groups is 1. The number of aliphatic imine (C=N–C) groups is 1. The van der Waals surface area contributed by atoms with Gasteiger partial charge in [-0.05, 0) is 64.2 Å². The molecule has 27 heavy (non-hydrogen) atoms. The molecule has 0 spiro atoms. The van der Waals surface area contributed by atoms with Gasteiger partial charge >= 0.3 is 0 Å². The van der Waals surface area contributed by atoms with E-state index in [2.05, 4.69) is 36.6 Å². The SMILES string of the molecule is CCNC(=NCC1(C)CCCO1)NCCCc1ccc(OC)c(OCC)c1. The summed E-state index contributed by atoms with van der Waals surface area (Å²) in [6.45, 7) is 10.1. The Morgan fingerprint density at radius 1 is 1.26 bits per heavy atom. The molecule has 0 saturated carbocycles. The fraction of sp³-hybridized carbons (Fsp3) is 0.667. The molecule has 2 N–H and O–H groups in total. The van der Waals surface area contributed by atoms with Gasteiger partial charge in [0.15, 0.2) is 17.5 Å². The lowest BCUT2D eigenvalue weighted by Gasteiger charge is -2.21. The van der Waals surface area contributed by atoms with Gasteiger partial charge in [0.25, 0.3) is 0 Å². The summed E-state index contributed by atoms with van der Waals surface area (Å²) in [6, 6.07) is 6.14. The second-order valence-corrected chi connectivity index (χ2v) is 7.05. The van der Waals surface area contributed by atoms with Crippen molar-refractivity contribution >= 4 is 5.96 Å². The molecule has 0 bridgehead atoms. The standard InChI is InChI=1S/C21H35N3O3/c1-5-22-20(24-16-21(3)12-8-14-27-21)23-13-7-9-17-10-11-18(25-4)19(15-17)26-6-2/h10-11,15H,5-9,12-14,16H2,1-4H3,(H2,22,23,24). The first-order valence-corrected chi connectivity index (χ1v) is 10.1. The van der Waals surface area contributed by atoms with E-state index in [4.69, 9.17) is 19.2 Å². The Morgan fingerprint density at radius 2 is 2.11 bits per heavy atom. The lowest BCUT2D eigenvalue weighted by atomic mass is 10.0. The van der Waals surface area contributed by atoms with Crippen LogP contribution in [0, 0.1) is 0 Å². The second kappa shape index (κ2) is 11.0. The van der Waals surface area contributed by atoms with Gasteiger partial charge in [0, 0.05) is 19.7 Å². The fourth-order valence-electron chi connectivity index (χ4n) is 3.19. The van der Waals surface area contributed by atoms with Gasteiger partial charge in [0.2, 0.25) is 0 Å². The zero-order valence-corrected chi connectivity index (χ0v) is 17.3. The molecule has 1 fully saturated rings. The van der Waals surface area contributed by atoms with Crippen molar-refractivity contribution in [3.63, 3.8) is 0 Å². The molecule has 1 aromatic carbocycles. The number of nitrogens with one attached hydrogen (secondary N) is 2. The number of rotatable bonds is 10. The summed E-state index contributed by atoms with van der Waals surface area (Å²) in [7, 11) is 1.67. The van der Waals surface area contributed by atoms with Crippen LogP contribution in [0.25, 0.3) is 0 Å². The first-order valence-electron chi connectivity index (χ1n) is 10.1. The molecule has 6 heteroatoms. The molecule has 0 radical (unpaired) electrons. The molecule has 1 saturated heterocycles. The minimum atomic E-state index is -0.110. The molecule has 1 atom stereocenters. The third-order valence-electron chi connectivity index (χ3n) is 4.68. The Hall–Kier alpha value is -1.95. The molecule has 1 unspecified atom stereocenters. The van der Waals surface area contributed by atoms with E-state index in [0.717, 1.165) is 62.8 Å². The zero-order valence-electron chi connectivity index (χ0n) is 17.3. The summed E-state index contributed by atoms with van der Waals surface area (Å²) in [5.41, 5.74) is 1.14. The predicted molar refractivity (Wildman–Crippen MR) is 110 cm³/mol. The predicted octanol–water partition coefficient (Wildman–Crippen LogP) is 3.15. The highest BCUT2D eigenvalue weighted by Gasteiger charge is 2.29. The largest absolute Gasteiger partial charge is 0.493 e. The van der Waals surface area contributed by atoms with Gasteiger partial charge in [-0.2, -0.15) is 0 Å². The van der Waals surface area contributed by atoms with E-state index in [-0.39, 0.29) is 5.60 Å². The van der Waals surface area contributed by atoms with E-state index in [0.29, 0.717) is 13.2 Å². The topological polar surface area (TPSA) is 64.1 Å². The molecular formula is C21H35N3O3. The van der Waals surface area contributed by atoms with E-state index in [1.54, 1.807) is 7.11 Å². The third kappa shape index (κ3) is 6.94. The highest BCUT2D eigenvalue weighted by molar-refractivity contribution is 5.79. The van der Waals surface area contributed by atoms with Gasteiger partial charge in [-0.1, -0.05) is 6.07 Å². The van der Waals surface area contributed by atoms with Crippen LogP contribution < -0.4 is 20.1 Å². The van der Waals surface area contributed by atoms with Crippen molar-refractivity contribution in [1.29, 1.82) is 0 Å². The van der Waals surface area contributed by atoms with Crippen LogP contribution in [0.15, 0.2) is 23.2 Å². The summed E-state index contributed by atoms with van der Waals surface area (Å²) in [5.74, 6) is 2.45. The van der Waals surface area contributed by atoms with Crippen LogP contribution in [0.4, 0.5) is 0 Å². The van der Waals surface area contributed by atoms with Gasteiger partial charge in [0.1, 0.15) is 0 Å². The summed E-state index contributed by atoms with van der Waals surface area (Å²) in [5, 5.41) is 6.73. The monoisotopic (exact) mass is 377 g/mol. The molecular weight excluding hydrogens is 342 g/mol. The lowest BCUT2D eigenvalue weighted by molar-refractivity contribution is 0.0283. The molecule has 0 aliphatic carbocycles. The number of nitrogens with zero attached hydrogens (tertiary/aromatic N) is 1. The van der Waals surface area contributed by atoms with Crippen molar-refractivity contribution in [3.8, 4) is 11.5 Å². The van der Waals surface area contributed by atoms with Crippen molar-refractivity contribution in [2.75, 3.05) is 40.0 Å². The van der Waals surface area contributed by atoms with Crippen LogP contribution in [-0.2, 0) is 11.2 Å². The summed E-state index contributed by atoms with van der Waals surface area (Å²) < 4.78 is 16.8. The summed E-state index contributed by atoms with van der Waals surface area (Å²) >= 11 is 0. The Bertz CT molecular complexity index is 598. The molecule has 152 valence electrons. The van der Waals surface area contributed by atoms with E-state index in [1.165, 1.54) is 5.56 Å². The van der Waals surface area contributed by atoms with E-state index in [1.807, 2.05) is 13.0 Å². The van der Waals surface area contributed by atoms with Crippen molar-refractivity contribution in [3.05, 3.63) is 23.8 Å². The maximum absolute atomic E-state index is 5.82. The molecule has 0 aromatic heterocycles. The first kappa shape index (κ1) is 21.4. The molecule has 1 heterocycles. The van der Waals surface area contributed by atoms with Crippen molar-refractivity contribution in [1.82, 2.24) is 10.6 Å². The minimum absolute atomic E-state index is 0.110. The van der Waals surface area contributed by atoms with Gasteiger partial charge in [0.05, 0.1) is 25.9 Å². The maximum Gasteiger partial charge on any atom is 0.191 e. The van der Waals surface area contributed by atoms with Gasteiger partial charge in [-0.15, -0.1) is 0 Å². The summed E-state index contributed by atoms with van der Waals surface area (Å²) in [6.07, 6.45) is 4.19. The Balaban J connectivity index is 1.81. The Morgan fingerprint density at radius 3 is 2.78 bits per heavy atom. The number of methoxy groups -OCH3 is 1. The van der Waals surface area contributed by atoms with E-state index >= 15 is 0 Å². The minimum Gasteiger partial charge on any atom is -0.493 e. The van der Waals surface area contributed by atoms with Gasteiger partial charge < -0.3 is 24.8 Å². The number of aryl methyl sites for hydroxylation is 1. The summed E-state index contributed by atoms with van der Waals surface area (Å²) in [4.78, 5) is 4.71. The van der Waals surface area contributed by atoms with Crippen LogP contribution in [0.1, 0.15) is 45.6 Å². The van der Waals surface area contributed by atoms with Crippen molar-refractivity contribution in [2.45, 2.75) is 52.1 Å². The fourth-order valence-corrected chi connectivity index (χ4v) is 3.19. The van der Waals surface area contributed by atoms with Crippen LogP contribution in [-0.4, -0.2) is 51.5 Å². The van der Waals surface area contributed by atoms with Crippen LogP contribution in [0.3, 0.4) is 0 Å². The highest BCUT2D eigenvalue weighted by Crippen LogP contribution is 2.28. The second-order valence-electron chi connectivity index (χ2n) is 7.05. The van der Waals surface area contributed by atoms with Crippen molar-refractivity contribution in [2.24, 2.45) is 4.99 Å². The molecule has 1 aromatic rings. The Kier molecular flexibility index (Phi) is 8.72. The molecule has 6 nitrogen and oxygen atoms in total. The molecule has 1 aliphatic rings. The average Bonchev–Trinajstić information content (AvgIpc) is 3.10. The lowest BCUT2D eigenvalue weighted by Crippen LogP contribution is -2.39. The number of ether oxygens (including phenoxy) is 3. The van der Waals surface area contributed by atoms with Crippen LogP contribution in [0.2, 0.25) is 0 Å². The maximum atomic E-state index is 5.82. The average molecular weight is 378 g/mol. The quantitative estimate of drug-likeness (QED) is 0.373. The smallest absolute Gasteiger partial charge is 0.191 e. The van der Waals surface area contributed by atoms with Gasteiger partial charge in [-0.3, -0.25) is 4.99 Å². The number of hydrogen-bond donors (Lipinski definition) is 2. The normalized spacial score (nSPS) is 19.8. The number of hydrogen-bond acceptors (Lipinski definition) is 4. The zero-order chi connectivity index (χ0) is 19.5. The van der Waals surface area contributed by atoms with Crippen LogP contribution >= 0.6 is 0 Å². The Labute approximate surface area is 163 Å². The van der Waals surface area contributed by atoms with E-state index in [9.17, 15) is 0 Å². The first-order chi connectivity index (χ1) is 13.1. The van der Waals surface area contributed by atoms with Crippen molar-refractivity contribution < 1.29 is 14.2 Å². The van der Waals surface area contributed by atoms with Crippen LogP contribution in [0.5, 0.6) is 11.5 Å². The number of benzene rings is 1. The molecule has 1 aliphatic heterocycles. The van der Waals surface area contributed by atoms with E-state index < -0.39 is 0 Å². The van der Waals surface area contributed by atoms with Gasteiger partial charge in [-0.25, -0.2) is 0 Å².